The molecule has 0 aliphatic rings. The second kappa shape index (κ2) is 8.40. The predicted molar refractivity (Wildman–Crippen MR) is 52.2 cm³/mol. The molecule has 0 aromatic heterocycles. The van der Waals surface area contributed by atoms with Gasteiger partial charge < -0.3 is 15.5 Å². The summed E-state index contributed by atoms with van der Waals surface area (Å²) >= 11 is 0. The molecule has 5 nitrogen and oxygen atoms in total. The highest BCUT2D eigenvalue weighted by Gasteiger charge is 1.93. The SMILES string of the molecule is CC(O)NCCNCCNC(C)O. The average molecular weight is 191 g/mol. The fraction of sp³-hybridized carbons (Fsp3) is 1.00. The zero-order valence-corrected chi connectivity index (χ0v) is 8.38. The summed E-state index contributed by atoms with van der Waals surface area (Å²) < 4.78 is 0. The van der Waals surface area contributed by atoms with E-state index < -0.39 is 12.5 Å². The lowest BCUT2D eigenvalue weighted by Gasteiger charge is -2.09. The first-order valence-corrected chi connectivity index (χ1v) is 4.66. The molecule has 0 heterocycles. The number of nitrogens with one attached hydrogen (secondary N) is 3. The van der Waals surface area contributed by atoms with Crippen LogP contribution in [0.1, 0.15) is 13.8 Å². The first kappa shape index (κ1) is 12.8. The molecule has 0 spiro atoms. The molecule has 2 unspecified atom stereocenters. The van der Waals surface area contributed by atoms with Gasteiger partial charge in [-0.3, -0.25) is 10.6 Å². The van der Waals surface area contributed by atoms with Crippen molar-refractivity contribution in [3.63, 3.8) is 0 Å². The first-order valence-electron chi connectivity index (χ1n) is 4.66. The van der Waals surface area contributed by atoms with Crippen molar-refractivity contribution in [3.8, 4) is 0 Å². The maximum Gasteiger partial charge on any atom is 0.102 e. The third-order valence-corrected chi connectivity index (χ3v) is 1.48. The van der Waals surface area contributed by atoms with Gasteiger partial charge in [-0.15, -0.1) is 0 Å². The van der Waals surface area contributed by atoms with Crippen LogP contribution in [0.15, 0.2) is 0 Å². The fourth-order valence-corrected chi connectivity index (χ4v) is 0.864. The molecule has 13 heavy (non-hydrogen) atoms. The van der Waals surface area contributed by atoms with Crippen molar-refractivity contribution in [2.75, 3.05) is 26.2 Å². The molecule has 0 aromatic rings. The molecule has 0 amide bonds. The molecule has 0 fully saturated rings. The maximum absolute atomic E-state index is 8.84. The van der Waals surface area contributed by atoms with Gasteiger partial charge in [-0.05, 0) is 13.8 Å². The van der Waals surface area contributed by atoms with Gasteiger partial charge in [0.1, 0.15) is 12.5 Å². The molecule has 0 bridgehead atoms. The molecule has 0 aromatic carbocycles. The summed E-state index contributed by atoms with van der Waals surface area (Å²) in [6.07, 6.45) is -0.894. The Morgan fingerprint density at radius 1 is 0.846 bits per heavy atom. The Labute approximate surface area is 79.5 Å². The number of aliphatic hydroxyl groups is 2. The molecule has 0 aliphatic heterocycles. The van der Waals surface area contributed by atoms with E-state index in [1.165, 1.54) is 0 Å². The monoisotopic (exact) mass is 191 g/mol. The van der Waals surface area contributed by atoms with E-state index in [-0.39, 0.29) is 0 Å². The molecule has 0 radical (unpaired) electrons. The van der Waals surface area contributed by atoms with Crippen molar-refractivity contribution in [2.45, 2.75) is 26.3 Å². The lowest BCUT2D eigenvalue weighted by molar-refractivity contribution is 0.155. The van der Waals surface area contributed by atoms with Gasteiger partial charge in [0, 0.05) is 26.2 Å². The van der Waals surface area contributed by atoms with E-state index in [0.717, 1.165) is 26.2 Å². The van der Waals surface area contributed by atoms with E-state index in [1.807, 2.05) is 0 Å². The van der Waals surface area contributed by atoms with Crippen molar-refractivity contribution in [2.24, 2.45) is 0 Å². The third kappa shape index (κ3) is 11.8. The summed E-state index contributed by atoms with van der Waals surface area (Å²) in [5.74, 6) is 0. The molecule has 0 saturated carbocycles. The standard InChI is InChI=1S/C8H21N3O2/c1-7(12)10-5-3-9-4-6-11-8(2)13/h7-13H,3-6H2,1-2H3. The van der Waals surface area contributed by atoms with E-state index in [0.29, 0.717) is 0 Å². The highest BCUT2D eigenvalue weighted by Crippen LogP contribution is 1.70. The van der Waals surface area contributed by atoms with E-state index in [2.05, 4.69) is 16.0 Å². The normalized spacial score (nSPS) is 15.7. The lowest BCUT2D eigenvalue weighted by Crippen LogP contribution is -2.37. The largest absolute Gasteiger partial charge is 0.379 e. The molecular weight excluding hydrogens is 170 g/mol. The van der Waals surface area contributed by atoms with Gasteiger partial charge >= 0.3 is 0 Å². The Kier molecular flexibility index (Phi) is 8.27. The summed E-state index contributed by atoms with van der Waals surface area (Å²) in [7, 11) is 0. The van der Waals surface area contributed by atoms with Gasteiger partial charge in [0.2, 0.25) is 0 Å². The Morgan fingerprint density at radius 3 is 1.54 bits per heavy atom. The van der Waals surface area contributed by atoms with Gasteiger partial charge in [-0.25, -0.2) is 0 Å². The third-order valence-electron chi connectivity index (χ3n) is 1.48. The zero-order chi connectivity index (χ0) is 10.1. The smallest absolute Gasteiger partial charge is 0.102 e. The molecule has 0 rings (SSSR count). The van der Waals surface area contributed by atoms with Gasteiger partial charge in [0.05, 0.1) is 0 Å². The Morgan fingerprint density at radius 2 is 1.23 bits per heavy atom. The van der Waals surface area contributed by atoms with E-state index in [9.17, 15) is 0 Å². The fourth-order valence-electron chi connectivity index (χ4n) is 0.864. The average Bonchev–Trinajstić information content (AvgIpc) is 2.01. The molecule has 5 heteroatoms. The molecule has 5 N–H and O–H groups in total. The van der Waals surface area contributed by atoms with Crippen LogP contribution < -0.4 is 16.0 Å². The van der Waals surface area contributed by atoms with Crippen LogP contribution in [-0.2, 0) is 0 Å². The summed E-state index contributed by atoms with van der Waals surface area (Å²) in [5.41, 5.74) is 0. The Hall–Kier alpha value is -0.200. The molecule has 0 aliphatic carbocycles. The minimum absolute atomic E-state index is 0.447. The Balaban J connectivity index is 2.92. The molecule has 2 atom stereocenters. The summed E-state index contributed by atoms with van der Waals surface area (Å²) in [4.78, 5) is 0. The van der Waals surface area contributed by atoms with Crippen LogP contribution in [0.4, 0.5) is 0 Å². The lowest BCUT2D eigenvalue weighted by atomic mass is 10.5. The molecule has 80 valence electrons. The van der Waals surface area contributed by atoms with Crippen LogP contribution in [0.2, 0.25) is 0 Å². The highest BCUT2D eigenvalue weighted by atomic mass is 16.3. The van der Waals surface area contributed by atoms with Crippen molar-refractivity contribution in [1.29, 1.82) is 0 Å². The summed E-state index contributed by atoms with van der Waals surface area (Å²) in [6, 6.07) is 0. The molecule has 0 saturated heterocycles. The number of hydrogen-bond donors (Lipinski definition) is 5. The minimum Gasteiger partial charge on any atom is -0.379 e. The van der Waals surface area contributed by atoms with Crippen LogP contribution in [0.3, 0.4) is 0 Å². The Bertz CT molecular complexity index is 97.6. The van der Waals surface area contributed by atoms with E-state index >= 15 is 0 Å². The number of aliphatic hydroxyl groups excluding tert-OH is 2. The highest BCUT2D eigenvalue weighted by molar-refractivity contribution is 4.54. The first-order chi connectivity index (χ1) is 6.13. The van der Waals surface area contributed by atoms with Crippen LogP contribution in [0, 0.1) is 0 Å². The molecular formula is C8H21N3O2. The van der Waals surface area contributed by atoms with Crippen molar-refractivity contribution < 1.29 is 10.2 Å². The van der Waals surface area contributed by atoms with Crippen LogP contribution in [-0.4, -0.2) is 48.8 Å². The summed E-state index contributed by atoms with van der Waals surface area (Å²) in [6.45, 7) is 6.49. The maximum atomic E-state index is 8.84. The van der Waals surface area contributed by atoms with Crippen LogP contribution >= 0.6 is 0 Å². The van der Waals surface area contributed by atoms with Crippen molar-refractivity contribution >= 4 is 0 Å². The van der Waals surface area contributed by atoms with Gasteiger partial charge in [0.15, 0.2) is 0 Å². The van der Waals surface area contributed by atoms with Gasteiger partial charge in [-0.1, -0.05) is 0 Å². The quantitative estimate of drug-likeness (QED) is 0.237. The van der Waals surface area contributed by atoms with Crippen LogP contribution in [0.5, 0.6) is 0 Å². The second-order valence-corrected chi connectivity index (χ2v) is 3.01. The van der Waals surface area contributed by atoms with Crippen molar-refractivity contribution in [3.05, 3.63) is 0 Å². The van der Waals surface area contributed by atoms with Crippen LogP contribution in [0.25, 0.3) is 0 Å². The zero-order valence-electron chi connectivity index (χ0n) is 8.38. The minimum atomic E-state index is -0.447. The van der Waals surface area contributed by atoms with E-state index in [4.69, 9.17) is 10.2 Å². The van der Waals surface area contributed by atoms with Gasteiger partial charge in [-0.2, -0.15) is 0 Å². The van der Waals surface area contributed by atoms with E-state index in [1.54, 1.807) is 13.8 Å². The van der Waals surface area contributed by atoms with Crippen molar-refractivity contribution in [1.82, 2.24) is 16.0 Å². The predicted octanol–water partition coefficient (Wildman–Crippen LogP) is -1.57. The number of rotatable bonds is 8. The second-order valence-electron chi connectivity index (χ2n) is 3.01. The summed E-state index contributed by atoms with van der Waals surface area (Å²) in [5, 5.41) is 26.6. The topological polar surface area (TPSA) is 76.5 Å². The number of hydrogen-bond acceptors (Lipinski definition) is 5. The van der Waals surface area contributed by atoms with Gasteiger partial charge in [0.25, 0.3) is 0 Å².